The van der Waals surface area contributed by atoms with Gasteiger partial charge in [-0.1, -0.05) is 67.0 Å². The average Bonchev–Trinajstić information content (AvgIpc) is 2.99. The molecular formula is C34H44F8N2O4. The molecule has 2 aromatic carbocycles. The van der Waals surface area contributed by atoms with Crippen molar-refractivity contribution >= 4 is 23.2 Å². The molecular weight excluding hydrogens is 652 g/mol. The molecule has 1 unspecified atom stereocenters. The van der Waals surface area contributed by atoms with Crippen molar-refractivity contribution in [3.63, 3.8) is 0 Å². The number of anilines is 2. The van der Waals surface area contributed by atoms with Crippen LogP contribution in [0.3, 0.4) is 0 Å². The summed E-state index contributed by atoms with van der Waals surface area (Å²) in [4.78, 5) is 25.3. The highest BCUT2D eigenvalue weighted by molar-refractivity contribution is 5.99. The van der Waals surface area contributed by atoms with E-state index in [1.807, 2.05) is 26.0 Å². The number of carbonyl (C=O) groups excluding carboxylic acids is 2. The number of alkyl halides is 8. The van der Waals surface area contributed by atoms with Gasteiger partial charge < -0.3 is 20.5 Å². The van der Waals surface area contributed by atoms with Crippen LogP contribution in [0.2, 0.25) is 0 Å². The van der Waals surface area contributed by atoms with Gasteiger partial charge in [-0.05, 0) is 60.3 Å². The second-order valence-corrected chi connectivity index (χ2v) is 13.2. The Balaban J connectivity index is 2.35. The second kappa shape index (κ2) is 14.5. The fourth-order valence-corrected chi connectivity index (χ4v) is 4.52. The Morgan fingerprint density at radius 3 is 1.88 bits per heavy atom. The van der Waals surface area contributed by atoms with Gasteiger partial charge >= 0.3 is 29.6 Å². The zero-order valence-electron chi connectivity index (χ0n) is 28.3. The van der Waals surface area contributed by atoms with E-state index in [-0.39, 0.29) is 16.5 Å². The Bertz CT molecular complexity index is 1460. The van der Waals surface area contributed by atoms with E-state index in [1.165, 1.54) is 0 Å². The van der Waals surface area contributed by atoms with Gasteiger partial charge in [0.1, 0.15) is 11.5 Å². The molecule has 270 valence electrons. The van der Waals surface area contributed by atoms with E-state index in [0.29, 0.717) is 18.6 Å². The van der Waals surface area contributed by atoms with Crippen molar-refractivity contribution in [1.29, 1.82) is 0 Å². The highest BCUT2D eigenvalue weighted by Crippen LogP contribution is 2.52. The first kappa shape index (κ1) is 40.6. The number of phenols is 1. The van der Waals surface area contributed by atoms with Crippen molar-refractivity contribution < 1.29 is 54.6 Å². The minimum absolute atomic E-state index is 0.115. The predicted octanol–water partition coefficient (Wildman–Crippen LogP) is 9.84. The number of halogens is 8. The zero-order chi connectivity index (χ0) is 37.1. The first-order chi connectivity index (χ1) is 21.8. The zero-order valence-corrected chi connectivity index (χ0v) is 28.3. The minimum Gasteiger partial charge on any atom is -0.506 e. The molecule has 6 nitrogen and oxygen atoms in total. The van der Waals surface area contributed by atoms with Crippen molar-refractivity contribution in [1.82, 2.24) is 0 Å². The maximum atomic E-state index is 14.2. The first-order valence-corrected chi connectivity index (χ1v) is 15.6. The number of carbonyl (C=O) groups is 2. The number of hydrogen-bond donors (Lipinski definition) is 3. The number of ether oxygens (including phenoxy) is 1. The molecule has 2 aromatic rings. The van der Waals surface area contributed by atoms with Crippen molar-refractivity contribution in [3.05, 3.63) is 47.5 Å². The van der Waals surface area contributed by atoms with Gasteiger partial charge in [-0.25, -0.2) is 0 Å². The molecule has 0 radical (unpaired) electrons. The van der Waals surface area contributed by atoms with Gasteiger partial charge in [-0.3, -0.25) is 9.59 Å². The van der Waals surface area contributed by atoms with Gasteiger partial charge in [0.2, 0.25) is 0 Å². The van der Waals surface area contributed by atoms with E-state index in [9.17, 15) is 49.8 Å². The molecule has 0 spiro atoms. The van der Waals surface area contributed by atoms with Gasteiger partial charge in [-0.2, -0.15) is 35.1 Å². The Morgan fingerprint density at radius 1 is 0.792 bits per heavy atom. The van der Waals surface area contributed by atoms with Crippen LogP contribution >= 0.6 is 0 Å². The van der Waals surface area contributed by atoms with E-state index < -0.39 is 60.0 Å². The Labute approximate surface area is 275 Å². The normalized spacial score (nSPS) is 14.0. The summed E-state index contributed by atoms with van der Waals surface area (Å²) >= 11 is 0. The second-order valence-electron chi connectivity index (χ2n) is 13.2. The van der Waals surface area contributed by atoms with E-state index in [2.05, 4.69) is 46.0 Å². The lowest BCUT2D eigenvalue weighted by atomic mass is 9.76. The summed E-state index contributed by atoms with van der Waals surface area (Å²) in [7, 11) is 0. The predicted molar refractivity (Wildman–Crippen MR) is 168 cm³/mol. The summed E-state index contributed by atoms with van der Waals surface area (Å²) in [5.41, 5.74) is 0.504. The van der Waals surface area contributed by atoms with Gasteiger partial charge in [0.15, 0.2) is 6.10 Å². The number of unbranched alkanes of at least 4 members (excludes halogenated alkanes) is 1. The SMILES string of the molecule is CCCCC(Oc1ccc(C(C)(C)CC)cc1C(C)(C)CC)C(=O)Nc1ccc(NC(=O)C(F)(F)C(F)(F)C(F)(F)C(C)(F)F)c(O)c1. The van der Waals surface area contributed by atoms with Gasteiger partial charge in [0.05, 0.1) is 5.69 Å². The quantitative estimate of drug-likeness (QED) is 0.121. The van der Waals surface area contributed by atoms with E-state index in [4.69, 9.17) is 4.74 Å². The maximum absolute atomic E-state index is 14.2. The fourth-order valence-electron chi connectivity index (χ4n) is 4.52. The molecule has 0 aliphatic rings. The molecule has 1 atom stereocenters. The Hall–Kier alpha value is -3.58. The van der Waals surface area contributed by atoms with Crippen LogP contribution in [-0.4, -0.2) is 46.7 Å². The third-order valence-corrected chi connectivity index (χ3v) is 8.78. The van der Waals surface area contributed by atoms with Gasteiger partial charge in [0.25, 0.3) is 5.91 Å². The van der Waals surface area contributed by atoms with Gasteiger partial charge in [0, 0.05) is 24.2 Å². The number of phenolic OH excluding ortho intramolecular Hbond substituents is 1. The summed E-state index contributed by atoms with van der Waals surface area (Å²) in [6, 6.07) is 8.36. The molecule has 0 aromatic heterocycles. The van der Waals surface area contributed by atoms with Crippen LogP contribution in [0.4, 0.5) is 46.5 Å². The molecule has 0 bridgehead atoms. The van der Waals surface area contributed by atoms with Crippen molar-refractivity contribution in [2.75, 3.05) is 10.6 Å². The molecule has 14 heteroatoms. The van der Waals surface area contributed by atoms with E-state index in [1.54, 1.807) is 0 Å². The highest BCUT2D eigenvalue weighted by atomic mass is 19.4. The molecule has 0 saturated heterocycles. The highest BCUT2D eigenvalue weighted by Gasteiger charge is 2.81. The monoisotopic (exact) mass is 696 g/mol. The van der Waals surface area contributed by atoms with Crippen LogP contribution in [0.1, 0.15) is 98.6 Å². The molecule has 2 rings (SSSR count). The molecule has 0 aliphatic carbocycles. The maximum Gasteiger partial charge on any atom is 0.393 e. The lowest BCUT2D eigenvalue weighted by Crippen LogP contribution is -2.64. The van der Waals surface area contributed by atoms with Crippen LogP contribution < -0.4 is 15.4 Å². The summed E-state index contributed by atoms with van der Waals surface area (Å²) in [5, 5.41) is 14.0. The van der Waals surface area contributed by atoms with E-state index in [0.717, 1.165) is 53.9 Å². The first-order valence-electron chi connectivity index (χ1n) is 15.6. The summed E-state index contributed by atoms with van der Waals surface area (Å²) in [6.45, 7) is 13.7. The Kier molecular flexibility index (Phi) is 12.3. The Morgan fingerprint density at radius 2 is 1.38 bits per heavy atom. The van der Waals surface area contributed by atoms with Crippen molar-refractivity contribution in [2.24, 2.45) is 0 Å². The van der Waals surface area contributed by atoms with Crippen LogP contribution in [0, 0.1) is 0 Å². The largest absolute Gasteiger partial charge is 0.506 e. The summed E-state index contributed by atoms with van der Waals surface area (Å²) < 4.78 is 116. The smallest absolute Gasteiger partial charge is 0.393 e. The topological polar surface area (TPSA) is 87.7 Å². The number of rotatable bonds is 16. The van der Waals surface area contributed by atoms with Crippen molar-refractivity contribution in [3.8, 4) is 11.5 Å². The van der Waals surface area contributed by atoms with Crippen LogP contribution in [0.25, 0.3) is 0 Å². The molecule has 2 amide bonds. The number of amides is 2. The van der Waals surface area contributed by atoms with Crippen molar-refractivity contribution in [2.45, 2.75) is 128 Å². The third kappa shape index (κ3) is 8.34. The summed E-state index contributed by atoms with van der Waals surface area (Å²) in [5.74, 6) is -29.6. The number of hydrogen-bond acceptors (Lipinski definition) is 4. The summed E-state index contributed by atoms with van der Waals surface area (Å²) in [6.07, 6.45) is 2.25. The van der Waals surface area contributed by atoms with Crippen LogP contribution in [0.5, 0.6) is 11.5 Å². The van der Waals surface area contributed by atoms with Crippen LogP contribution in [0.15, 0.2) is 36.4 Å². The van der Waals surface area contributed by atoms with E-state index >= 15 is 0 Å². The molecule has 3 N–H and O–H groups in total. The number of aromatic hydroxyl groups is 1. The molecule has 0 aliphatic heterocycles. The molecule has 0 heterocycles. The molecule has 0 saturated carbocycles. The lowest BCUT2D eigenvalue weighted by Gasteiger charge is -2.34. The van der Waals surface area contributed by atoms with Crippen LogP contribution in [-0.2, 0) is 20.4 Å². The number of nitrogens with one attached hydrogen (secondary N) is 2. The molecule has 0 fully saturated rings. The average molecular weight is 697 g/mol. The van der Waals surface area contributed by atoms with Gasteiger partial charge in [-0.15, -0.1) is 0 Å². The standard InChI is InChI=1S/C34H44F8N2O4/c1-9-12-13-26(48-25-17-14-20(29(4,5)10-2)18-22(25)30(6,7)11-3)27(46)43-21-15-16-23(24(45)19-21)44-28(47)32(37,38)34(41,42)33(39,40)31(8,35)36/h14-19,26,45H,9-13H2,1-8H3,(H,43,46)(H,44,47). The minimum atomic E-state index is -6.81. The fraction of sp³-hybridized carbons (Fsp3) is 0.588. The lowest BCUT2D eigenvalue weighted by molar-refractivity contribution is -0.351. The number of benzene rings is 2. The molecule has 48 heavy (non-hydrogen) atoms. The third-order valence-electron chi connectivity index (χ3n) is 8.78.